The van der Waals surface area contributed by atoms with Crippen LogP contribution in [0.1, 0.15) is 23.2 Å². The van der Waals surface area contributed by atoms with Crippen LogP contribution in [0, 0.1) is 11.6 Å². The van der Waals surface area contributed by atoms with Crippen LogP contribution >= 0.6 is 11.3 Å². The van der Waals surface area contributed by atoms with Crippen molar-refractivity contribution >= 4 is 39.3 Å². The third kappa shape index (κ3) is 4.95. The molecule has 2 N–H and O–H groups in total. The Morgan fingerprint density at radius 3 is 2.74 bits per heavy atom. The number of thiazole rings is 1. The van der Waals surface area contributed by atoms with Gasteiger partial charge >= 0.3 is 0 Å². The van der Waals surface area contributed by atoms with Gasteiger partial charge in [-0.15, -0.1) is 11.3 Å². The lowest BCUT2D eigenvalue weighted by atomic mass is 10.2. The van der Waals surface area contributed by atoms with E-state index < -0.39 is 17.5 Å². The van der Waals surface area contributed by atoms with Crippen molar-refractivity contribution in [2.24, 2.45) is 0 Å². The minimum Gasteiger partial charge on any atom is -0.454 e. The molecule has 0 atom stereocenters. The van der Waals surface area contributed by atoms with Gasteiger partial charge in [0, 0.05) is 29.8 Å². The highest BCUT2D eigenvalue weighted by molar-refractivity contribution is 7.14. The molecule has 0 radical (unpaired) electrons. The second-order valence-corrected chi connectivity index (χ2v) is 7.58. The first-order valence-electron chi connectivity index (χ1n) is 9.47. The number of aromatic nitrogens is 1. The Balaban J connectivity index is 1.25. The van der Waals surface area contributed by atoms with Gasteiger partial charge in [0.1, 0.15) is 22.9 Å². The molecule has 0 aliphatic carbocycles. The van der Waals surface area contributed by atoms with E-state index in [0.717, 1.165) is 23.1 Å². The molecule has 2 aromatic heterocycles. The van der Waals surface area contributed by atoms with Gasteiger partial charge in [-0.2, -0.15) is 0 Å². The first-order chi connectivity index (χ1) is 15.0. The smallest absolute Gasteiger partial charge is 0.254 e. The molecule has 9 heteroatoms. The van der Waals surface area contributed by atoms with Crippen LogP contribution in [0.2, 0.25) is 0 Å². The van der Waals surface area contributed by atoms with Crippen LogP contribution in [0.4, 0.5) is 13.9 Å². The van der Waals surface area contributed by atoms with Crippen LogP contribution in [-0.2, 0) is 4.79 Å². The lowest BCUT2D eigenvalue weighted by Gasteiger charge is -2.06. The largest absolute Gasteiger partial charge is 0.454 e. The average Bonchev–Trinajstić information content (AvgIpc) is 3.37. The predicted octanol–water partition coefficient (Wildman–Crippen LogP) is 4.98. The van der Waals surface area contributed by atoms with Gasteiger partial charge in [0.25, 0.3) is 5.91 Å². The Labute approximate surface area is 179 Å². The first-order valence-corrected chi connectivity index (χ1v) is 10.3. The molecule has 158 valence electrons. The Morgan fingerprint density at radius 2 is 1.94 bits per heavy atom. The normalized spacial score (nSPS) is 10.9. The SMILES string of the molecule is O=C(CCCNC(=O)c1ccc(F)cc1F)Nc1nc(-c2cc3ccccc3o2)cs1. The van der Waals surface area contributed by atoms with Crippen LogP contribution in [0.5, 0.6) is 0 Å². The lowest BCUT2D eigenvalue weighted by molar-refractivity contribution is -0.116. The molecular weight excluding hydrogens is 424 g/mol. The number of para-hydroxylation sites is 1. The molecule has 0 unspecified atom stereocenters. The Morgan fingerprint density at radius 1 is 1.10 bits per heavy atom. The molecule has 0 fully saturated rings. The number of fused-ring (bicyclic) bond motifs is 1. The summed E-state index contributed by atoms with van der Waals surface area (Å²) >= 11 is 1.28. The number of carbonyl (C=O) groups is 2. The maximum absolute atomic E-state index is 13.6. The summed E-state index contributed by atoms with van der Waals surface area (Å²) in [5, 5.41) is 8.43. The summed E-state index contributed by atoms with van der Waals surface area (Å²) in [7, 11) is 0. The average molecular weight is 441 g/mol. The van der Waals surface area contributed by atoms with Crippen molar-refractivity contribution in [3.8, 4) is 11.5 Å². The Hall–Kier alpha value is -3.59. The lowest BCUT2D eigenvalue weighted by Crippen LogP contribution is -2.26. The minimum absolute atomic E-state index is 0.145. The summed E-state index contributed by atoms with van der Waals surface area (Å²) < 4.78 is 32.3. The molecule has 0 bridgehead atoms. The number of hydrogen-bond acceptors (Lipinski definition) is 5. The standard InChI is InChI=1S/C22H17F2N3O3S/c23-14-7-8-15(16(24)11-14)21(29)25-9-3-6-20(28)27-22-26-17(12-31-22)19-10-13-4-1-2-5-18(13)30-19/h1-2,4-5,7-8,10-12H,3,6,9H2,(H,25,29)(H,26,27,28). The third-order valence-corrected chi connectivity index (χ3v) is 5.23. The Kier molecular flexibility index (Phi) is 6.03. The van der Waals surface area contributed by atoms with Gasteiger partial charge in [0.2, 0.25) is 5.91 Å². The van der Waals surface area contributed by atoms with E-state index in [1.54, 1.807) is 5.38 Å². The second kappa shape index (κ2) is 9.05. The first kappa shape index (κ1) is 20.7. The summed E-state index contributed by atoms with van der Waals surface area (Å²) in [6, 6.07) is 12.3. The van der Waals surface area contributed by atoms with Gasteiger partial charge in [-0.1, -0.05) is 18.2 Å². The molecule has 0 saturated heterocycles. The number of carbonyl (C=O) groups excluding carboxylic acids is 2. The van der Waals surface area contributed by atoms with Crippen LogP contribution in [-0.4, -0.2) is 23.3 Å². The van der Waals surface area contributed by atoms with Crippen LogP contribution in [0.3, 0.4) is 0 Å². The predicted molar refractivity (Wildman–Crippen MR) is 114 cm³/mol. The second-order valence-electron chi connectivity index (χ2n) is 6.72. The number of furan rings is 1. The van der Waals surface area contributed by atoms with Gasteiger partial charge in [0.05, 0.1) is 5.56 Å². The summed E-state index contributed by atoms with van der Waals surface area (Å²) in [5.74, 6) is -1.98. The fraction of sp³-hybridized carbons (Fsp3) is 0.136. The number of nitrogens with one attached hydrogen (secondary N) is 2. The number of halogens is 2. The molecule has 2 amide bonds. The number of anilines is 1. The molecule has 4 rings (SSSR count). The molecule has 4 aromatic rings. The summed E-state index contributed by atoms with van der Waals surface area (Å²) in [5.41, 5.74) is 1.15. The van der Waals surface area contributed by atoms with Gasteiger partial charge < -0.3 is 15.1 Å². The summed E-state index contributed by atoms with van der Waals surface area (Å²) in [6.45, 7) is 0.172. The van der Waals surface area contributed by atoms with Crippen molar-refractivity contribution < 1.29 is 22.8 Å². The van der Waals surface area contributed by atoms with Crippen molar-refractivity contribution in [3.63, 3.8) is 0 Å². The topological polar surface area (TPSA) is 84.2 Å². The molecule has 0 aliphatic rings. The number of benzene rings is 2. The number of amides is 2. The fourth-order valence-corrected chi connectivity index (χ4v) is 3.67. The van der Waals surface area contributed by atoms with Crippen LogP contribution in [0.25, 0.3) is 22.4 Å². The van der Waals surface area contributed by atoms with Gasteiger partial charge in [-0.05, 0) is 30.7 Å². The van der Waals surface area contributed by atoms with Gasteiger partial charge in [-0.3, -0.25) is 9.59 Å². The van der Waals surface area contributed by atoms with Crippen molar-refractivity contribution in [2.75, 3.05) is 11.9 Å². The molecule has 2 heterocycles. The maximum Gasteiger partial charge on any atom is 0.254 e. The highest BCUT2D eigenvalue weighted by Crippen LogP contribution is 2.30. The van der Waals surface area contributed by atoms with Gasteiger partial charge in [0.15, 0.2) is 10.9 Å². The molecule has 0 aliphatic heterocycles. The molecular formula is C22H17F2N3O3S. The van der Waals surface area contributed by atoms with E-state index >= 15 is 0 Å². The molecule has 31 heavy (non-hydrogen) atoms. The number of hydrogen-bond donors (Lipinski definition) is 2. The van der Waals surface area contributed by atoms with E-state index in [1.165, 1.54) is 11.3 Å². The molecule has 0 spiro atoms. The minimum atomic E-state index is -0.931. The summed E-state index contributed by atoms with van der Waals surface area (Å²) in [6.07, 6.45) is 0.494. The fourth-order valence-electron chi connectivity index (χ4n) is 2.95. The van der Waals surface area contributed by atoms with E-state index in [1.807, 2.05) is 30.3 Å². The van der Waals surface area contributed by atoms with E-state index in [9.17, 15) is 18.4 Å². The van der Waals surface area contributed by atoms with E-state index in [2.05, 4.69) is 15.6 Å². The number of rotatable bonds is 7. The van der Waals surface area contributed by atoms with Crippen molar-refractivity contribution in [1.29, 1.82) is 0 Å². The number of nitrogens with zero attached hydrogens (tertiary/aromatic N) is 1. The van der Waals surface area contributed by atoms with Crippen LogP contribution < -0.4 is 10.6 Å². The van der Waals surface area contributed by atoms with E-state index in [-0.39, 0.29) is 24.4 Å². The van der Waals surface area contributed by atoms with E-state index in [4.69, 9.17) is 4.42 Å². The molecule has 2 aromatic carbocycles. The van der Waals surface area contributed by atoms with Crippen molar-refractivity contribution in [2.45, 2.75) is 12.8 Å². The van der Waals surface area contributed by atoms with Crippen molar-refractivity contribution in [3.05, 3.63) is 71.1 Å². The zero-order valence-corrected chi connectivity index (χ0v) is 17.0. The van der Waals surface area contributed by atoms with E-state index in [0.29, 0.717) is 29.1 Å². The summed E-state index contributed by atoms with van der Waals surface area (Å²) in [4.78, 5) is 28.4. The van der Waals surface area contributed by atoms with Gasteiger partial charge in [-0.25, -0.2) is 13.8 Å². The highest BCUT2D eigenvalue weighted by Gasteiger charge is 2.13. The monoisotopic (exact) mass is 441 g/mol. The highest BCUT2D eigenvalue weighted by atomic mass is 32.1. The zero-order chi connectivity index (χ0) is 21.8. The quantitative estimate of drug-likeness (QED) is 0.396. The molecule has 6 nitrogen and oxygen atoms in total. The van der Waals surface area contributed by atoms with Crippen LogP contribution in [0.15, 0.2) is 58.3 Å². The van der Waals surface area contributed by atoms with Crippen molar-refractivity contribution in [1.82, 2.24) is 10.3 Å². The third-order valence-electron chi connectivity index (χ3n) is 4.47. The molecule has 0 saturated carbocycles. The maximum atomic E-state index is 13.6. The zero-order valence-electron chi connectivity index (χ0n) is 16.2. The Bertz CT molecular complexity index is 1220.